The molecule has 1 saturated heterocycles. The molecule has 5 nitrogen and oxygen atoms in total. The molecule has 1 heterocycles. The highest BCUT2D eigenvalue weighted by molar-refractivity contribution is 5.96. The maximum atomic E-state index is 12.3. The second-order valence-corrected chi connectivity index (χ2v) is 6.68. The van der Waals surface area contributed by atoms with Crippen molar-refractivity contribution in [2.75, 3.05) is 13.1 Å². The van der Waals surface area contributed by atoms with Gasteiger partial charge in [0.15, 0.2) is 0 Å². The number of nitrogens with zero attached hydrogens (tertiary/aromatic N) is 1. The number of carboxylic acids is 1. The summed E-state index contributed by atoms with van der Waals surface area (Å²) in [5, 5.41) is 11.9. The zero-order chi connectivity index (χ0) is 16.8. The third kappa shape index (κ3) is 5.36. The summed E-state index contributed by atoms with van der Waals surface area (Å²) in [6, 6.07) is 6.62. The quantitative estimate of drug-likeness (QED) is 0.810. The van der Waals surface area contributed by atoms with Crippen molar-refractivity contribution in [1.29, 1.82) is 0 Å². The van der Waals surface area contributed by atoms with Crippen LogP contribution in [0.4, 0.5) is 0 Å². The lowest BCUT2D eigenvalue weighted by atomic mass is 10.0. The molecular weight excluding hydrogens is 292 g/mol. The van der Waals surface area contributed by atoms with Crippen LogP contribution in [0.25, 0.3) is 0 Å². The van der Waals surface area contributed by atoms with Crippen LogP contribution >= 0.6 is 0 Å². The van der Waals surface area contributed by atoms with E-state index in [1.165, 1.54) is 12.8 Å². The first-order valence-electron chi connectivity index (χ1n) is 8.30. The third-order valence-corrected chi connectivity index (χ3v) is 4.10. The smallest absolute Gasteiger partial charge is 0.326 e. The molecule has 1 aliphatic heterocycles. The van der Waals surface area contributed by atoms with E-state index in [1.807, 2.05) is 32.0 Å². The predicted octanol–water partition coefficient (Wildman–Crippen LogP) is 2.51. The second kappa shape index (κ2) is 8.11. The van der Waals surface area contributed by atoms with E-state index >= 15 is 0 Å². The van der Waals surface area contributed by atoms with Crippen LogP contribution in [0.15, 0.2) is 24.3 Å². The molecule has 0 aromatic heterocycles. The summed E-state index contributed by atoms with van der Waals surface area (Å²) in [7, 11) is 0. The number of nitrogens with one attached hydrogen (secondary N) is 1. The van der Waals surface area contributed by atoms with Gasteiger partial charge in [0.05, 0.1) is 0 Å². The molecule has 0 spiro atoms. The van der Waals surface area contributed by atoms with E-state index in [0.29, 0.717) is 12.0 Å². The minimum Gasteiger partial charge on any atom is -0.480 e. The van der Waals surface area contributed by atoms with Gasteiger partial charge >= 0.3 is 5.97 Å². The normalized spacial score (nSPS) is 16.5. The van der Waals surface area contributed by atoms with E-state index in [9.17, 15) is 14.7 Å². The van der Waals surface area contributed by atoms with Gasteiger partial charge in [0.25, 0.3) is 5.91 Å². The first kappa shape index (κ1) is 17.5. The van der Waals surface area contributed by atoms with Gasteiger partial charge in [-0.1, -0.05) is 26.0 Å². The van der Waals surface area contributed by atoms with Crippen molar-refractivity contribution in [2.24, 2.45) is 5.92 Å². The SMILES string of the molecule is CC(C)C[C@H](NC(=O)c1cccc(CN2CCCC2)c1)C(=O)O. The average Bonchev–Trinajstić information content (AvgIpc) is 2.99. The van der Waals surface area contributed by atoms with Gasteiger partial charge in [0.2, 0.25) is 0 Å². The molecule has 2 rings (SSSR count). The Morgan fingerprint density at radius 3 is 2.57 bits per heavy atom. The van der Waals surface area contributed by atoms with Crippen molar-refractivity contribution >= 4 is 11.9 Å². The molecule has 1 fully saturated rings. The van der Waals surface area contributed by atoms with E-state index in [4.69, 9.17) is 0 Å². The largest absolute Gasteiger partial charge is 0.480 e. The van der Waals surface area contributed by atoms with Gasteiger partial charge in [0.1, 0.15) is 6.04 Å². The fourth-order valence-corrected chi connectivity index (χ4v) is 2.94. The Bertz CT molecular complexity index is 551. The van der Waals surface area contributed by atoms with E-state index in [1.54, 1.807) is 6.07 Å². The van der Waals surface area contributed by atoms with E-state index in [2.05, 4.69) is 10.2 Å². The standard InChI is InChI=1S/C18H26N2O3/c1-13(2)10-16(18(22)23)19-17(21)15-7-5-6-14(11-15)12-20-8-3-4-9-20/h5-7,11,13,16H,3-4,8-10,12H2,1-2H3,(H,19,21)(H,22,23)/t16-/m0/s1. The Balaban J connectivity index is 2.01. The molecule has 0 aliphatic carbocycles. The molecule has 0 bridgehead atoms. The summed E-state index contributed by atoms with van der Waals surface area (Å²) in [6.45, 7) is 6.94. The fraction of sp³-hybridized carbons (Fsp3) is 0.556. The summed E-state index contributed by atoms with van der Waals surface area (Å²) in [5.41, 5.74) is 1.62. The molecule has 1 aromatic carbocycles. The average molecular weight is 318 g/mol. The van der Waals surface area contributed by atoms with Gasteiger partial charge in [-0.2, -0.15) is 0 Å². The zero-order valence-corrected chi connectivity index (χ0v) is 13.9. The van der Waals surface area contributed by atoms with Crippen LogP contribution in [0.5, 0.6) is 0 Å². The zero-order valence-electron chi connectivity index (χ0n) is 13.9. The predicted molar refractivity (Wildman–Crippen MR) is 89.3 cm³/mol. The molecular formula is C18H26N2O3. The lowest BCUT2D eigenvalue weighted by molar-refractivity contribution is -0.139. The van der Waals surface area contributed by atoms with Gasteiger partial charge in [0, 0.05) is 12.1 Å². The van der Waals surface area contributed by atoms with Crippen LogP contribution in [0.3, 0.4) is 0 Å². The molecule has 5 heteroatoms. The Morgan fingerprint density at radius 2 is 1.96 bits per heavy atom. The van der Waals surface area contributed by atoms with Gasteiger partial charge in [-0.15, -0.1) is 0 Å². The van der Waals surface area contributed by atoms with Crippen LogP contribution in [0, 0.1) is 5.92 Å². The van der Waals surface area contributed by atoms with E-state index in [-0.39, 0.29) is 11.8 Å². The molecule has 1 aliphatic rings. The highest BCUT2D eigenvalue weighted by atomic mass is 16.4. The maximum absolute atomic E-state index is 12.3. The Hall–Kier alpha value is -1.88. The summed E-state index contributed by atoms with van der Waals surface area (Å²) in [4.78, 5) is 26.0. The molecule has 1 atom stereocenters. The number of hydrogen-bond donors (Lipinski definition) is 2. The molecule has 1 amide bonds. The summed E-state index contributed by atoms with van der Waals surface area (Å²) < 4.78 is 0. The molecule has 1 aromatic rings. The monoisotopic (exact) mass is 318 g/mol. The van der Waals surface area contributed by atoms with Gasteiger partial charge < -0.3 is 10.4 Å². The molecule has 0 saturated carbocycles. The van der Waals surface area contributed by atoms with Crippen LogP contribution in [-0.2, 0) is 11.3 Å². The number of benzene rings is 1. The number of carboxylic acid groups (broad SMARTS) is 1. The number of aliphatic carboxylic acids is 1. The Kier molecular flexibility index (Phi) is 6.16. The van der Waals surface area contributed by atoms with Crippen molar-refractivity contribution in [2.45, 2.75) is 45.7 Å². The van der Waals surface area contributed by atoms with Crippen molar-refractivity contribution in [1.82, 2.24) is 10.2 Å². The molecule has 126 valence electrons. The number of carbonyl (C=O) groups is 2. The highest BCUT2D eigenvalue weighted by Gasteiger charge is 2.22. The Labute approximate surface area is 137 Å². The third-order valence-electron chi connectivity index (χ3n) is 4.10. The molecule has 23 heavy (non-hydrogen) atoms. The van der Waals surface area contributed by atoms with Crippen LogP contribution in [0.2, 0.25) is 0 Å². The summed E-state index contributed by atoms with van der Waals surface area (Å²) >= 11 is 0. The number of carbonyl (C=O) groups excluding carboxylic acids is 1. The van der Waals surface area contributed by atoms with Crippen molar-refractivity contribution in [3.05, 3.63) is 35.4 Å². The van der Waals surface area contributed by atoms with Gasteiger partial charge in [-0.3, -0.25) is 9.69 Å². The topological polar surface area (TPSA) is 69.6 Å². The molecule has 2 N–H and O–H groups in total. The van der Waals surface area contributed by atoms with Crippen LogP contribution < -0.4 is 5.32 Å². The number of likely N-dealkylation sites (tertiary alicyclic amines) is 1. The number of hydrogen-bond acceptors (Lipinski definition) is 3. The first-order chi connectivity index (χ1) is 11.0. The van der Waals surface area contributed by atoms with Crippen molar-refractivity contribution in [3.63, 3.8) is 0 Å². The fourth-order valence-electron chi connectivity index (χ4n) is 2.94. The number of rotatable bonds is 7. The highest BCUT2D eigenvalue weighted by Crippen LogP contribution is 2.14. The Morgan fingerprint density at radius 1 is 1.26 bits per heavy atom. The van der Waals surface area contributed by atoms with Crippen molar-refractivity contribution in [3.8, 4) is 0 Å². The van der Waals surface area contributed by atoms with E-state index in [0.717, 1.165) is 25.2 Å². The lowest BCUT2D eigenvalue weighted by Crippen LogP contribution is -2.41. The number of amides is 1. The van der Waals surface area contributed by atoms with Crippen LogP contribution in [-0.4, -0.2) is 41.0 Å². The van der Waals surface area contributed by atoms with Crippen LogP contribution in [0.1, 0.15) is 49.0 Å². The maximum Gasteiger partial charge on any atom is 0.326 e. The molecule has 0 radical (unpaired) electrons. The van der Waals surface area contributed by atoms with Gasteiger partial charge in [-0.25, -0.2) is 4.79 Å². The second-order valence-electron chi connectivity index (χ2n) is 6.68. The van der Waals surface area contributed by atoms with Gasteiger partial charge in [-0.05, 0) is 56.0 Å². The van der Waals surface area contributed by atoms with Crippen molar-refractivity contribution < 1.29 is 14.7 Å². The summed E-state index contributed by atoms with van der Waals surface area (Å²) in [5.74, 6) is -1.10. The first-order valence-corrected chi connectivity index (χ1v) is 8.30. The van der Waals surface area contributed by atoms with E-state index < -0.39 is 12.0 Å². The minimum absolute atomic E-state index is 0.206. The lowest BCUT2D eigenvalue weighted by Gasteiger charge is -2.17. The molecule has 0 unspecified atom stereocenters. The minimum atomic E-state index is -0.986. The summed E-state index contributed by atoms with van der Waals surface area (Å²) in [6.07, 6.45) is 2.89.